The number of nitrogens with zero attached hydrogens (tertiary/aromatic N) is 4. The van der Waals surface area contributed by atoms with Crippen LogP contribution in [0.25, 0.3) is 10.9 Å². The number of carbonyl (C=O) groups is 1. The van der Waals surface area contributed by atoms with Gasteiger partial charge in [-0.1, -0.05) is 18.2 Å². The quantitative estimate of drug-likeness (QED) is 0.799. The van der Waals surface area contributed by atoms with E-state index in [9.17, 15) is 4.79 Å². The highest BCUT2D eigenvalue weighted by Gasteiger charge is 2.30. The maximum atomic E-state index is 13.2. The van der Waals surface area contributed by atoms with Crippen molar-refractivity contribution < 1.29 is 4.79 Å². The third kappa shape index (κ3) is 2.92. The number of H-pyrrole nitrogens is 1. The van der Waals surface area contributed by atoms with Gasteiger partial charge in [-0.2, -0.15) is 10.2 Å². The van der Waals surface area contributed by atoms with Crippen molar-refractivity contribution in [3.63, 3.8) is 0 Å². The Labute approximate surface area is 146 Å². The fourth-order valence-electron chi connectivity index (χ4n) is 3.78. The molecule has 0 aliphatic carbocycles. The third-order valence-corrected chi connectivity index (χ3v) is 5.05. The molecule has 0 spiro atoms. The first-order valence-electron chi connectivity index (χ1n) is 8.88. The normalized spacial score (nSPS) is 18.0. The van der Waals surface area contributed by atoms with Gasteiger partial charge in [0.2, 0.25) is 0 Å². The van der Waals surface area contributed by atoms with Crippen LogP contribution >= 0.6 is 0 Å². The first-order chi connectivity index (χ1) is 12.1. The van der Waals surface area contributed by atoms with Crippen LogP contribution in [0, 0.1) is 13.8 Å². The molecular formula is C19H23N5O. The summed E-state index contributed by atoms with van der Waals surface area (Å²) in [5.74, 6) is 0.0173. The Balaban J connectivity index is 1.62. The zero-order chi connectivity index (χ0) is 17.4. The van der Waals surface area contributed by atoms with Crippen molar-refractivity contribution in [1.29, 1.82) is 0 Å². The summed E-state index contributed by atoms with van der Waals surface area (Å²) in [6.45, 7) is 5.59. The molecule has 25 heavy (non-hydrogen) atoms. The molecule has 6 heteroatoms. The first-order valence-corrected chi connectivity index (χ1v) is 8.88. The fourth-order valence-corrected chi connectivity index (χ4v) is 3.78. The maximum absolute atomic E-state index is 13.2. The van der Waals surface area contributed by atoms with Crippen molar-refractivity contribution in [3.8, 4) is 0 Å². The average molecular weight is 337 g/mol. The van der Waals surface area contributed by atoms with Gasteiger partial charge in [-0.25, -0.2) is 0 Å². The summed E-state index contributed by atoms with van der Waals surface area (Å²) in [5.41, 5.74) is 3.58. The van der Waals surface area contributed by atoms with E-state index in [-0.39, 0.29) is 11.9 Å². The monoisotopic (exact) mass is 337 g/mol. The minimum atomic E-state index is 0.0173. The van der Waals surface area contributed by atoms with Gasteiger partial charge in [0.1, 0.15) is 0 Å². The molecule has 130 valence electrons. The largest absolute Gasteiger partial charge is 0.332 e. The number of hydrogen-bond acceptors (Lipinski definition) is 3. The van der Waals surface area contributed by atoms with Crippen LogP contribution < -0.4 is 0 Å². The molecular weight excluding hydrogens is 314 g/mol. The highest BCUT2D eigenvalue weighted by molar-refractivity contribution is 6.04. The van der Waals surface area contributed by atoms with Gasteiger partial charge in [-0.3, -0.25) is 14.6 Å². The van der Waals surface area contributed by atoms with E-state index in [0.717, 1.165) is 54.6 Å². The molecule has 0 saturated carbocycles. The molecule has 1 fully saturated rings. The Hall–Kier alpha value is -2.63. The van der Waals surface area contributed by atoms with Crippen LogP contribution in [-0.2, 0) is 6.54 Å². The van der Waals surface area contributed by atoms with E-state index < -0.39 is 0 Å². The molecule has 0 unspecified atom stereocenters. The molecule has 3 heterocycles. The van der Waals surface area contributed by atoms with Crippen LogP contribution in [-0.4, -0.2) is 43.4 Å². The van der Waals surface area contributed by atoms with Crippen LogP contribution in [0.4, 0.5) is 0 Å². The van der Waals surface area contributed by atoms with Gasteiger partial charge >= 0.3 is 0 Å². The zero-order valence-electron chi connectivity index (χ0n) is 14.7. The number of hydrogen-bond donors (Lipinski definition) is 1. The number of piperidine rings is 1. The van der Waals surface area contributed by atoms with E-state index >= 15 is 0 Å². The lowest BCUT2D eigenvalue weighted by atomic mass is 10.0. The predicted octanol–water partition coefficient (Wildman–Crippen LogP) is 3.07. The van der Waals surface area contributed by atoms with Gasteiger partial charge < -0.3 is 4.90 Å². The Morgan fingerprint density at radius 2 is 2.12 bits per heavy atom. The molecule has 6 nitrogen and oxygen atoms in total. The SMILES string of the molecule is Cc1cc(C)n(C[C@H]2CCCCN2C(=O)c2n[nH]c3ccccc23)n1. The second-order valence-electron chi connectivity index (χ2n) is 6.88. The van der Waals surface area contributed by atoms with Crippen molar-refractivity contribution in [2.45, 2.75) is 45.7 Å². The third-order valence-electron chi connectivity index (χ3n) is 5.05. The number of aromatic nitrogens is 4. The number of benzene rings is 1. The minimum Gasteiger partial charge on any atom is -0.332 e. The summed E-state index contributed by atoms with van der Waals surface area (Å²) in [5, 5.41) is 12.7. The van der Waals surface area contributed by atoms with E-state index in [0.29, 0.717) is 5.69 Å². The van der Waals surface area contributed by atoms with E-state index in [4.69, 9.17) is 0 Å². The number of rotatable bonds is 3. The molecule has 1 atom stereocenters. The number of para-hydroxylation sites is 1. The Bertz CT molecular complexity index is 910. The summed E-state index contributed by atoms with van der Waals surface area (Å²) in [6.07, 6.45) is 3.20. The fraction of sp³-hybridized carbons (Fsp3) is 0.421. The molecule has 2 aromatic heterocycles. The molecule has 1 saturated heterocycles. The number of aromatic amines is 1. The lowest BCUT2D eigenvalue weighted by Crippen LogP contribution is -2.46. The summed E-state index contributed by atoms with van der Waals surface area (Å²) in [7, 11) is 0. The van der Waals surface area contributed by atoms with Gasteiger partial charge in [0.05, 0.1) is 23.8 Å². The summed E-state index contributed by atoms with van der Waals surface area (Å²) in [6, 6.07) is 10.0. The van der Waals surface area contributed by atoms with Crippen molar-refractivity contribution in [3.05, 3.63) is 47.4 Å². The molecule has 1 aliphatic heterocycles. The van der Waals surface area contributed by atoms with Crippen LogP contribution in [0.2, 0.25) is 0 Å². The number of amides is 1. The first kappa shape index (κ1) is 15.9. The number of likely N-dealkylation sites (tertiary alicyclic amines) is 1. The van der Waals surface area contributed by atoms with Gasteiger partial charge in [0.15, 0.2) is 5.69 Å². The molecule has 1 amide bonds. The van der Waals surface area contributed by atoms with Gasteiger partial charge in [0, 0.05) is 17.6 Å². The zero-order valence-corrected chi connectivity index (χ0v) is 14.7. The number of fused-ring (bicyclic) bond motifs is 1. The topological polar surface area (TPSA) is 66.8 Å². The van der Waals surface area contributed by atoms with Crippen molar-refractivity contribution in [2.75, 3.05) is 6.54 Å². The second kappa shape index (κ2) is 6.35. The minimum absolute atomic E-state index is 0.0173. The van der Waals surface area contributed by atoms with Gasteiger partial charge in [-0.15, -0.1) is 0 Å². The second-order valence-corrected chi connectivity index (χ2v) is 6.88. The van der Waals surface area contributed by atoms with Crippen molar-refractivity contribution >= 4 is 16.8 Å². The number of carbonyl (C=O) groups excluding carboxylic acids is 1. The number of aryl methyl sites for hydroxylation is 2. The van der Waals surface area contributed by atoms with Crippen LogP contribution in [0.5, 0.6) is 0 Å². The van der Waals surface area contributed by atoms with Crippen LogP contribution in [0.1, 0.15) is 41.1 Å². The standard InChI is InChI=1S/C19H23N5O/c1-13-11-14(2)24(22-13)12-15-7-5-6-10-23(15)19(25)18-16-8-3-4-9-17(16)20-21-18/h3-4,8-9,11,15H,5-7,10,12H2,1-2H3,(H,20,21)/t15-/m1/s1. The lowest BCUT2D eigenvalue weighted by Gasteiger charge is -2.35. The van der Waals surface area contributed by atoms with E-state index in [1.54, 1.807) is 0 Å². The molecule has 4 rings (SSSR count). The van der Waals surface area contributed by atoms with Crippen LogP contribution in [0.3, 0.4) is 0 Å². The highest BCUT2D eigenvalue weighted by Crippen LogP contribution is 2.24. The Kier molecular flexibility index (Phi) is 4.03. The van der Waals surface area contributed by atoms with E-state index in [1.807, 2.05) is 40.8 Å². The predicted molar refractivity (Wildman–Crippen MR) is 96.5 cm³/mol. The highest BCUT2D eigenvalue weighted by atomic mass is 16.2. The molecule has 3 aromatic rings. The van der Waals surface area contributed by atoms with Crippen molar-refractivity contribution in [2.24, 2.45) is 0 Å². The van der Waals surface area contributed by atoms with E-state index in [1.165, 1.54) is 0 Å². The van der Waals surface area contributed by atoms with Gasteiger partial charge in [0.25, 0.3) is 5.91 Å². The maximum Gasteiger partial charge on any atom is 0.275 e. The summed E-state index contributed by atoms with van der Waals surface area (Å²) < 4.78 is 2.02. The summed E-state index contributed by atoms with van der Waals surface area (Å²) in [4.78, 5) is 15.2. The summed E-state index contributed by atoms with van der Waals surface area (Å²) >= 11 is 0. The lowest BCUT2D eigenvalue weighted by molar-refractivity contribution is 0.0578. The molecule has 1 N–H and O–H groups in total. The molecule has 1 aromatic carbocycles. The molecule has 0 radical (unpaired) electrons. The smallest absolute Gasteiger partial charge is 0.275 e. The van der Waals surface area contributed by atoms with Crippen LogP contribution in [0.15, 0.2) is 30.3 Å². The average Bonchev–Trinajstić information content (AvgIpc) is 3.18. The number of nitrogens with one attached hydrogen (secondary N) is 1. The Morgan fingerprint density at radius 3 is 2.92 bits per heavy atom. The van der Waals surface area contributed by atoms with Crippen molar-refractivity contribution in [1.82, 2.24) is 24.9 Å². The molecule has 1 aliphatic rings. The Morgan fingerprint density at radius 1 is 1.28 bits per heavy atom. The van der Waals surface area contributed by atoms with Gasteiger partial charge in [-0.05, 0) is 45.2 Å². The molecule has 0 bridgehead atoms. The van der Waals surface area contributed by atoms with E-state index in [2.05, 4.69) is 28.3 Å².